The monoisotopic (exact) mass is 474 g/mol. The molecule has 2 saturated heterocycles. The van der Waals surface area contributed by atoms with Gasteiger partial charge in [0, 0.05) is 23.7 Å². The van der Waals surface area contributed by atoms with Crippen molar-refractivity contribution in [3.8, 4) is 0 Å². The Balaban J connectivity index is 1.60. The fraction of sp³-hybridized carbons (Fsp3) is 0.407. The number of carbonyl (C=O) groups is 4. The number of nitrogens with one attached hydrogen (secondary N) is 2. The predicted molar refractivity (Wildman–Crippen MR) is 131 cm³/mol. The van der Waals surface area contributed by atoms with Gasteiger partial charge in [-0.2, -0.15) is 0 Å². The summed E-state index contributed by atoms with van der Waals surface area (Å²) in [6.07, 6.45) is 2.90. The number of carbonyl (C=O) groups excluding carboxylic acids is 4. The van der Waals surface area contributed by atoms with Crippen molar-refractivity contribution in [3.63, 3.8) is 0 Å². The highest BCUT2D eigenvalue weighted by atomic mass is 16.2. The minimum absolute atomic E-state index is 0.154. The first-order valence-electron chi connectivity index (χ1n) is 12.2. The molecular weight excluding hydrogens is 444 g/mol. The van der Waals surface area contributed by atoms with Crippen LogP contribution in [-0.2, 0) is 31.1 Å². The highest BCUT2D eigenvalue weighted by Crippen LogP contribution is 2.54. The summed E-state index contributed by atoms with van der Waals surface area (Å²) >= 11 is 0. The number of nitrogens with zero attached hydrogens (tertiary/aromatic N) is 1. The summed E-state index contributed by atoms with van der Waals surface area (Å²) in [5.74, 6) is -3.71. The first kappa shape index (κ1) is 23.2. The Labute approximate surface area is 204 Å². The van der Waals surface area contributed by atoms with Crippen LogP contribution in [0.4, 0.5) is 11.4 Å². The SMILES string of the molecule is CCCCc1ccc(N2C(=O)[C@H]3[C@H](CC(N)=O)N[C@]4(C(=O)Nc5c4ccc(C)c5C)[C@@H]3C2=O)cc1. The number of nitrogens with two attached hydrogens (primary N) is 1. The zero-order valence-electron chi connectivity index (χ0n) is 20.2. The first-order chi connectivity index (χ1) is 16.7. The van der Waals surface area contributed by atoms with E-state index in [0.717, 1.165) is 36.0 Å². The van der Waals surface area contributed by atoms with E-state index in [4.69, 9.17) is 5.73 Å². The summed E-state index contributed by atoms with van der Waals surface area (Å²) in [7, 11) is 0. The normalized spacial score (nSPS) is 26.9. The Hall–Kier alpha value is -3.52. The standard InChI is InChI=1S/C27H30N4O4/c1-4-5-6-16-8-10-17(11-9-16)31-24(33)21-19(13-20(28)32)30-27(22(21)25(31)34)18-12-7-14(2)15(3)23(18)29-26(27)35/h7-12,19,21-22,30H,4-6,13H2,1-3H3,(H2,28,32)(H,29,35)/t19-,21-,22-,27-/m0/s1. The lowest BCUT2D eigenvalue weighted by Gasteiger charge is -2.29. The van der Waals surface area contributed by atoms with Gasteiger partial charge in [0.2, 0.25) is 23.6 Å². The largest absolute Gasteiger partial charge is 0.370 e. The maximum Gasteiger partial charge on any atom is 0.250 e. The zero-order chi connectivity index (χ0) is 25.1. The molecule has 0 unspecified atom stereocenters. The molecule has 1 spiro atoms. The van der Waals surface area contributed by atoms with E-state index in [0.29, 0.717) is 16.9 Å². The van der Waals surface area contributed by atoms with Gasteiger partial charge in [-0.05, 0) is 55.5 Å². The number of fused-ring (bicyclic) bond motifs is 4. The minimum atomic E-state index is -1.44. The van der Waals surface area contributed by atoms with Gasteiger partial charge in [-0.15, -0.1) is 0 Å². The number of benzene rings is 2. The molecule has 3 aliphatic rings. The van der Waals surface area contributed by atoms with Gasteiger partial charge in [0.1, 0.15) is 5.54 Å². The van der Waals surface area contributed by atoms with Gasteiger partial charge < -0.3 is 11.1 Å². The van der Waals surface area contributed by atoms with Gasteiger partial charge in [0.15, 0.2) is 0 Å². The van der Waals surface area contributed by atoms with Crippen LogP contribution in [0.5, 0.6) is 0 Å². The Morgan fingerprint density at radius 1 is 1.06 bits per heavy atom. The summed E-state index contributed by atoms with van der Waals surface area (Å²) in [6.45, 7) is 5.99. The summed E-state index contributed by atoms with van der Waals surface area (Å²) in [6, 6.07) is 10.4. The quantitative estimate of drug-likeness (QED) is 0.555. The molecule has 2 aromatic carbocycles. The smallest absolute Gasteiger partial charge is 0.250 e. The summed E-state index contributed by atoms with van der Waals surface area (Å²) in [5.41, 5.74) is 8.86. The number of unbranched alkanes of at least 4 members (excludes halogenated alkanes) is 1. The molecule has 0 bridgehead atoms. The van der Waals surface area contributed by atoms with Crippen LogP contribution in [0.15, 0.2) is 36.4 Å². The molecule has 35 heavy (non-hydrogen) atoms. The van der Waals surface area contributed by atoms with Crippen LogP contribution in [-0.4, -0.2) is 29.7 Å². The molecule has 2 aromatic rings. The number of rotatable bonds is 6. The van der Waals surface area contributed by atoms with E-state index in [9.17, 15) is 19.2 Å². The Morgan fingerprint density at radius 3 is 2.43 bits per heavy atom. The molecule has 0 saturated carbocycles. The zero-order valence-corrected chi connectivity index (χ0v) is 20.2. The lowest BCUT2D eigenvalue weighted by molar-refractivity contribution is -0.130. The van der Waals surface area contributed by atoms with Gasteiger partial charge in [-0.1, -0.05) is 37.6 Å². The van der Waals surface area contributed by atoms with Gasteiger partial charge in [-0.3, -0.25) is 24.5 Å². The second-order valence-corrected chi connectivity index (χ2v) is 9.90. The van der Waals surface area contributed by atoms with Crippen LogP contribution in [0.3, 0.4) is 0 Å². The molecule has 8 nitrogen and oxygen atoms in total. The number of hydrogen-bond donors (Lipinski definition) is 3. The molecule has 4 atom stereocenters. The third kappa shape index (κ3) is 3.31. The molecule has 0 aromatic heterocycles. The third-order valence-corrected chi connectivity index (χ3v) is 7.86. The molecule has 3 aliphatic heterocycles. The molecule has 3 heterocycles. The molecular formula is C27H30N4O4. The lowest BCUT2D eigenvalue weighted by atomic mass is 9.76. The van der Waals surface area contributed by atoms with E-state index in [1.165, 1.54) is 4.90 Å². The Kier molecular flexibility index (Phi) is 5.51. The Bertz CT molecular complexity index is 1250. The maximum atomic E-state index is 13.9. The Morgan fingerprint density at radius 2 is 1.77 bits per heavy atom. The fourth-order valence-corrected chi connectivity index (χ4v) is 5.96. The second kappa shape index (κ2) is 8.30. The molecule has 5 rings (SSSR count). The summed E-state index contributed by atoms with van der Waals surface area (Å²) in [5, 5.41) is 6.18. The molecule has 2 fully saturated rings. The first-order valence-corrected chi connectivity index (χ1v) is 12.2. The van der Waals surface area contributed by atoms with Crippen molar-refractivity contribution < 1.29 is 19.2 Å². The van der Waals surface area contributed by atoms with E-state index in [2.05, 4.69) is 17.6 Å². The van der Waals surface area contributed by atoms with Gasteiger partial charge in [-0.25, -0.2) is 4.90 Å². The van der Waals surface area contributed by atoms with E-state index >= 15 is 0 Å². The number of imide groups is 1. The number of amides is 4. The topological polar surface area (TPSA) is 122 Å². The van der Waals surface area contributed by atoms with Gasteiger partial charge in [0.25, 0.3) is 0 Å². The van der Waals surface area contributed by atoms with Crippen LogP contribution in [0.25, 0.3) is 0 Å². The summed E-state index contributed by atoms with van der Waals surface area (Å²) < 4.78 is 0. The van der Waals surface area contributed by atoms with Crippen molar-refractivity contribution in [2.24, 2.45) is 17.6 Å². The van der Waals surface area contributed by atoms with Crippen molar-refractivity contribution in [1.29, 1.82) is 0 Å². The van der Waals surface area contributed by atoms with Crippen LogP contribution < -0.4 is 21.3 Å². The number of anilines is 2. The molecule has 8 heteroatoms. The average molecular weight is 475 g/mol. The van der Waals surface area contributed by atoms with E-state index < -0.39 is 41.1 Å². The number of primary amides is 1. The highest BCUT2D eigenvalue weighted by molar-refractivity contribution is 6.26. The number of aryl methyl sites for hydroxylation is 2. The molecule has 182 valence electrons. The summed E-state index contributed by atoms with van der Waals surface area (Å²) in [4.78, 5) is 54.3. The van der Waals surface area contributed by atoms with Crippen LogP contribution in [0.1, 0.15) is 48.4 Å². The van der Waals surface area contributed by atoms with Crippen LogP contribution in [0, 0.1) is 25.7 Å². The van der Waals surface area contributed by atoms with E-state index in [-0.39, 0.29) is 12.3 Å². The van der Waals surface area contributed by atoms with Gasteiger partial charge >= 0.3 is 0 Å². The predicted octanol–water partition coefficient (Wildman–Crippen LogP) is 2.45. The van der Waals surface area contributed by atoms with Crippen molar-refractivity contribution in [2.75, 3.05) is 10.2 Å². The second-order valence-electron chi connectivity index (χ2n) is 9.90. The number of hydrogen-bond acceptors (Lipinski definition) is 5. The van der Waals surface area contributed by atoms with Crippen molar-refractivity contribution in [2.45, 2.75) is 58.0 Å². The van der Waals surface area contributed by atoms with E-state index in [1.807, 2.05) is 38.1 Å². The van der Waals surface area contributed by atoms with E-state index in [1.54, 1.807) is 12.1 Å². The van der Waals surface area contributed by atoms with Crippen molar-refractivity contribution in [3.05, 3.63) is 58.7 Å². The molecule has 4 amide bonds. The molecule has 4 N–H and O–H groups in total. The van der Waals surface area contributed by atoms with Crippen molar-refractivity contribution in [1.82, 2.24) is 5.32 Å². The van der Waals surface area contributed by atoms with Crippen molar-refractivity contribution >= 4 is 35.0 Å². The third-order valence-electron chi connectivity index (χ3n) is 7.86. The van der Waals surface area contributed by atoms with Crippen LogP contribution in [0.2, 0.25) is 0 Å². The lowest BCUT2D eigenvalue weighted by Crippen LogP contribution is -2.53. The highest BCUT2D eigenvalue weighted by Gasteiger charge is 2.70. The molecule has 0 aliphatic carbocycles. The average Bonchev–Trinajstić information content (AvgIpc) is 3.40. The van der Waals surface area contributed by atoms with Crippen LogP contribution >= 0.6 is 0 Å². The molecule has 0 radical (unpaired) electrons. The fourth-order valence-electron chi connectivity index (χ4n) is 5.96. The minimum Gasteiger partial charge on any atom is -0.370 e. The maximum absolute atomic E-state index is 13.9. The van der Waals surface area contributed by atoms with Gasteiger partial charge in [0.05, 0.1) is 17.5 Å².